The number of carbonyl (C=O) groups is 1. The quantitative estimate of drug-likeness (QED) is 0.730. The Balaban J connectivity index is 1.35. The third-order valence-electron chi connectivity index (χ3n) is 5.96. The highest BCUT2D eigenvalue weighted by Gasteiger charge is 2.42. The van der Waals surface area contributed by atoms with E-state index >= 15 is 0 Å². The lowest BCUT2D eigenvalue weighted by molar-refractivity contribution is -0.188. The minimum Gasteiger partial charge on any atom is -0.347 e. The van der Waals surface area contributed by atoms with Gasteiger partial charge in [-0.3, -0.25) is 4.79 Å². The van der Waals surface area contributed by atoms with Crippen LogP contribution in [0.5, 0.6) is 0 Å². The second kappa shape index (κ2) is 7.90. The van der Waals surface area contributed by atoms with E-state index in [0.717, 1.165) is 16.4 Å². The van der Waals surface area contributed by atoms with Crippen molar-refractivity contribution in [3.05, 3.63) is 29.8 Å². The van der Waals surface area contributed by atoms with Gasteiger partial charge in [-0.25, -0.2) is 17.2 Å². The normalized spacial score (nSPS) is 23.6. The summed E-state index contributed by atoms with van der Waals surface area (Å²) in [5, 5.41) is 0. The molecule has 0 bridgehead atoms. The molecule has 1 spiro atoms. The molecule has 0 atom stereocenters. The van der Waals surface area contributed by atoms with Crippen LogP contribution < -0.4 is 0 Å². The van der Waals surface area contributed by atoms with Gasteiger partial charge in [0.15, 0.2) is 5.79 Å². The van der Waals surface area contributed by atoms with Gasteiger partial charge in [0.1, 0.15) is 16.5 Å². The van der Waals surface area contributed by atoms with Gasteiger partial charge in [-0.2, -0.15) is 4.31 Å². The summed E-state index contributed by atoms with van der Waals surface area (Å²) >= 11 is 0. The van der Waals surface area contributed by atoms with E-state index in [4.69, 9.17) is 9.47 Å². The first-order valence-corrected chi connectivity index (χ1v) is 11.3. The summed E-state index contributed by atoms with van der Waals surface area (Å²) in [5.74, 6) is -2.62. The van der Waals surface area contributed by atoms with Gasteiger partial charge in [0.2, 0.25) is 15.9 Å². The Labute approximate surface area is 168 Å². The highest BCUT2D eigenvalue weighted by atomic mass is 32.2. The molecule has 160 valence electrons. The first kappa shape index (κ1) is 20.6. The maximum Gasteiger partial charge on any atom is 0.246 e. The molecule has 0 aromatic heterocycles. The lowest BCUT2D eigenvalue weighted by Crippen LogP contribution is -2.50. The Hall–Kier alpha value is -1.62. The average Bonchev–Trinajstić information content (AvgIpc) is 3.18. The van der Waals surface area contributed by atoms with Gasteiger partial charge in [0, 0.05) is 44.9 Å². The Bertz CT molecular complexity index is 871. The zero-order valence-electron chi connectivity index (χ0n) is 16.0. The molecule has 10 heteroatoms. The largest absolute Gasteiger partial charge is 0.347 e. The van der Waals surface area contributed by atoms with E-state index < -0.39 is 32.3 Å². The molecular weight excluding hydrogens is 406 g/mol. The van der Waals surface area contributed by atoms with Crippen molar-refractivity contribution in [1.29, 1.82) is 0 Å². The van der Waals surface area contributed by atoms with Crippen LogP contribution in [-0.4, -0.2) is 68.7 Å². The van der Waals surface area contributed by atoms with Crippen molar-refractivity contribution in [2.24, 2.45) is 5.92 Å². The molecule has 0 aliphatic carbocycles. The molecule has 29 heavy (non-hydrogen) atoms. The number of piperidine rings is 2. The number of nitrogens with zero attached hydrogens (tertiary/aromatic N) is 2. The molecule has 3 aliphatic rings. The van der Waals surface area contributed by atoms with E-state index in [2.05, 4.69) is 0 Å². The van der Waals surface area contributed by atoms with Gasteiger partial charge in [-0.15, -0.1) is 0 Å². The van der Waals surface area contributed by atoms with Crippen molar-refractivity contribution < 1.29 is 31.5 Å². The molecule has 0 unspecified atom stereocenters. The number of amides is 1. The summed E-state index contributed by atoms with van der Waals surface area (Å²) in [4.78, 5) is 14.0. The van der Waals surface area contributed by atoms with Crippen LogP contribution in [0.25, 0.3) is 0 Å². The standard InChI is InChI=1S/C19H24F2N2O5S/c20-15-1-2-16(21)17(13-15)29(25,26)23-7-3-14(4-8-23)18(24)22-9-5-19(6-10-22)27-11-12-28-19/h1-2,13-14H,3-12H2. The van der Waals surface area contributed by atoms with Crippen LogP contribution in [0, 0.1) is 17.6 Å². The first-order valence-electron chi connectivity index (χ1n) is 9.83. The van der Waals surface area contributed by atoms with E-state index in [-0.39, 0.29) is 24.9 Å². The molecule has 7 nitrogen and oxygen atoms in total. The second-order valence-electron chi connectivity index (χ2n) is 7.69. The highest BCUT2D eigenvalue weighted by molar-refractivity contribution is 7.89. The monoisotopic (exact) mass is 430 g/mol. The van der Waals surface area contributed by atoms with Gasteiger partial charge in [-0.05, 0) is 31.0 Å². The smallest absolute Gasteiger partial charge is 0.246 e. The van der Waals surface area contributed by atoms with E-state index in [1.54, 1.807) is 4.90 Å². The number of benzene rings is 1. The fraction of sp³-hybridized carbons (Fsp3) is 0.632. The predicted molar refractivity (Wildman–Crippen MR) is 98.3 cm³/mol. The Kier molecular flexibility index (Phi) is 5.62. The molecule has 0 saturated carbocycles. The number of hydrogen-bond donors (Lipinski definition) is 0. The SMILES string of the molecule is O=C(C1CCN(S(=O)(=O)c2cc(F)ccc2F)CC1)N1CCC2(CC1)OCCO2. The van der Waals surface area contributed by atoms with Crippen LogP contribution in [0.3, 0.4) is 0 Å². The van der Waals surface area contributed by atoms with Gasteiger partial charge in [-0.1, -0.05) is 0 Å². The van der Waals surface area contributed by atoms with Crippen molar-refractivity contribution in [2.75, 3.05) is 39.4 Å². The second-order valence-corrected chi connectivity index (χ2v) is 9.59. The van der Waals surface area contributed by atoms with E-state index in [1.807, 2.05) is 0 Å². The molecular formula is C19H24F2N2O5S. The molecule has 0 N–H and O–H groups in total. The van der Waals surface area contributed by atoms with Crippen molar-refractivity contribution in [3.8, 4) is 0 Å². The molecule has 0 radical (unpaired) electrons. The Morgan fingerprint density at radius 3 is 2.28 bits per heavy atom. The minimum absolute atomic E-state index is 0.00633. The lowest BCUT2D eigenvalue weighted by atomic mass is 9.94. The summed E-state index contributed by atoms with van der Waals surface area (Å²) in [6.45, 7) is 2.44. The third-order valence-corrected chi connectivity index (χ3v) is 7.88. The van der Waals surface area contributed by atoms with Crippen LogP contribution in [0.4, 0.5) is 8.78 Å². The topological polar surface area (TPSA) is 76.2 Å². The molecule has 1 aromatic carbocycles. The summed E-state index contributed by atoms with van der Waals surface area (Å²) in [6, 6.07) is 2.38. The number of likely N-dealkylation sites (tertiary alicyclic amines) is 1. The number of sulfonamides is 1. The summed E-state index contributed by atoms with van der Waals surface area (Å²) in [6.07, 6.45) is 1.96. The number of ether oxygens (including phenoxy) is 2. The summed E-state index contributed by atoms with van der Waals surface area (Å²) in [5.41, 5.74) is 0. The van der Waals surface area contributed by atoms with Crippen molar-refractivity contribution in [1.82, 2.24) is 9.21 Å². The van der Waals surface area contributed by atoms with Crippen LogP contribution in [-0.2, 0) is 24.3 Å². The maximum atomic E-state index is 13.9. The molecule has 3 fully saturated rings. The fourth-order valence-electron chi connectivity index (χ4n) is 4.27. The molecule has 1 amide bonds. The summed E-state index contributed by atoms with van der Waals surface area (Å²) < 4.78 is 65.2. The van der Waals surface area contributed by atoms with E-state index in [1.165, 1.54) is 0 Å². The van der Waals surface area contributed by atoms with Crippen LogP contribution in [0.1, 0.15) is 25.7 Å². The van der Waals surface area contributed by atoms with Crippen LogP contribution >= 0.6 is 0 Å². The molecule has 4 rings (SSSR count). The number of hydrogen-bond acceptors (Lipinski definition) is 5. The van der Waals surface area contributed by atoms with Crippen molar-refractivity contribution in [2.45, 2.75) is 36.4 Å². The van der Waals surface area contributed by atoms with E-state index in [0.29, 0.717) is 58.1 Å². The van der Waals surface area contributed by atoms with Gasteiger partial charge >= 0.3 is 0 Å². The molecule has 3 heterocycles. The molecule has 1 aromatic rings. The summed E-state index contributed by atoms with van der Waals surface area (Å²) in [7, 11) is -4.14. The molecule has 3 aliphatic heterocycles. The number of rotatable bonds is 3. The van der Waals surface area contributed by atoms with Crippen molar-refractivity contribution in [3.63, 3.8) is 0 Å². The number of halogens is 2. The van der Waals surface area contributed by atoms with Crippen LogP contribution in [0.2, 0.25) is 0 Å². The predicted octanol–water partition coefficient (Wildman–Crippen LogP) is 1.73. The molecule has 3 saturated heterocycles. The number of carbonyl (C=O) groups excluding carboxylic acids is 1. The average molecular weight is 430 g/mol. The van der Waals surface area contributed by atoms with Crippen molar-refractivity contribution >= 4 is 15.9 Å². The van der Waals surface area contributed by atoms with Crippen LogP contribution in [0.15, 0.2) is 23.1 Å². The fourth-order valence-corrected chi connectivity index (χ4v) is 5.81. The van der Waals surface area contributed by atoms with Gasteiger partial charge < -0.3 is 14.4 Å². The minimum atomic E-state index is -4.14. The van der Waals surface area contributed by atoms with Gasteiger partial charge in [0.25, 0.3) is 0 Å². The zero-order chi connectivity index (χ0) is 20.6. The Morgan fingerprint density at radius 1 is 1.03 bits per heavy atom. The Morgan fingerprint density at radius 2 is 1.66 bits per heavy atom. The van der Waals surface area contributed by atoms with E-state index in [9.17, 15) is 22.0 Å². The first-order chi connectivity index (χ1) is 13.8. The lowest BCUT2D eigenvalue weighted by Gasteiger charge is -2.40. The van der Waals surface area contributed by atoms with Gasteiger partial charge in [0.05, 0.1) is 13.2 Å². The zero-order valence-corrected chi connectivity index (χ0v) is 16.8. The third kappa shape index (κ3) is 4.03. The maximum absolute atomic E-state index is 13.9. The highest BCUT2D eigenvalue weighted by Crippen LogP contribution is 2.33.